The summed E-state index contributed by atoms with van der Waals surface area (Å²) in [6, 6.07) is 0. The standard InChI is InChI=1S/C12H26N2O/c1-3-14(9-10-15-4-2)11-12(5-6-12)7-8-13/h3-11,13H2,1-2H3. The van der Waals surface area contributed by atoms with Crippen LogP contribution in [-0.2, 0) is 4.74 Å². The molecule has 0 heterocycles. The number of nitrogens with zero attached hydrogens (tertiary/aromatic N) is 1. The molecule has 0 bridgehead atoms. The van der Waals surface area contributed by atoms with Gasteiger partial charge in [0.15, 0.2) is 0 Å². The van der Waals surface area contributed by atoms with Gasteiger partial charge in [0.25, 0.3) is 0 Å². The Morgan fingerprint density at radius 1 is 1.33 bits per heavy atom. The zero-order chi connectivity index (χ0) is 11.1. The Morgan fingerprint density at radius 2 is 2.07 bits per heavy atom. The van der Waals surface area contributed by atoms with E-state index in [-0.39, 0.29) is 0 Å². The van der Waals surface area contributed by atoms with E-state index >= 15 is 0 Å². The van der Waals surface area contributed by atoms with Crippen molar-refractivity contribution >= 4 is 0 Å². The molecule has 1 aliphatic rings. The second-order valence-electron chi connectivity index (χ2n) is 4.60. The average Bonchev–Trinajstić information content (AvgIpc) is 2.98. The van der Waals surface area contributed by atoms with Gasteiger partial charge in [-0.05, 0) is 44.7 Å². The zero-order valence-corrected chi connectivity index (χ0v) is 10.3. The van der Waals surface area contributed by atoms with E-state index in [1.165, 1.54) is 25.8 Å². The minimum absolute atomic E-state index is 0.566. The Hall–Kier alpha value is -0.120. The Morgan fingerprint density at radius 3 is 2.53 bits per heavy atom. The number of likely N-dealkylation sites (N-methyl/N-ethyl adjacent to an activating group) is 1. The van der Waals surface area contributed by atoms with Gasteiger partial charge in [0.1, 0.15) is 0 Å². The first kappa shape index (κ1) is 12.9. The van der Waals surface area contributed by atoms with E-state index in [1.54, 1.807) is 0 Å². The number of hydrogen-bond acceptors (Lipinski definition) is 3. The van der Waals surface area contributed by atoms with Crippen molar-refractivity contribution in [2.45, 2.75) is 33.1 Å². The number of rotatable bonds is 9. The van der Waals surface area contributed by atoms with Gasteiger partial charge in [-0.25, -0.2) is 0 Å². The molecule has 0 amide bonds. The van der Waals surface area contributed by atoms with Crippen molar-refractivity contribution in [1.82, 2.24) is 4.90 Å². The lowest BCUT2D eigenvalue weighted by atomic mass is 10.0. The highest BCUT2D eigenvalue weighted by atomic mass is 16.5. The van der Waals surface area contributed by atoms with Gasteiger partial charge in [-0.15, -0.1) is 0 Å². The van der Waals surface area contributed by atoms with E-state index in [2.05, 4.69) is 11.8 Å². The summed E-state index contributed by atoms with van der Waals surface area (Å²) >= 11 is 0. The summed E-state index contributed by atoms with van der Waals surface area (Å²) in [7, 11) is 0. The molecule has 2 N–H and O–H groups in total. The third-order valence-electron chi connectivity index (χ3n) is 3.39. The van der Waals surface area contributed by atoms with Crippen molar-refractivity contribution < 1.29 is 4.74 Å². The summed E-state index contributed by atoms with van der Waals surface area (Å²) in [5, 5.41) is 0. The van der Waals surface area contributed by atoms with E-state index in [1.807, 2.05) is 6.92 Å². The van der Waals surface area contributed by atoms with Crippen molar-refractivity contribution in [3.05, 3.63) is 0 Å². The molecule has 3 heteroatoms. The number of ether oxygens (including phenoxy) is 1. The maximum Gasteiger partial charge on any atom is 0.0593 e. The molecule has 0 aromatic rings. The molecule has 3 nitrogen and oxygen atoms in total. The predicted molar refractivity (Wildman–Crippen MR) is 63.9 cm³/mol. The van der Waals surface area contributed by atoms with Crippen LogP contribution in [0.3, 0.4) is 0 Å². The summed E-state index contributed by atoms with van der Waals surface area (Å²) in [5.41, 5.74) is 6.22. The SMILES string of the molecule is CCOCCN(CC)CC1(CCN)CC1. The first-order valence-electron chi connectivity index (χ1n) is 6.26. The quantitative estimate of drug-likeness (QED) is 0.591. The maximum atomic E-state index is 5.65. The van der Waals surface area contributed by atoms with Crippen LogP contribution in [0.2, 0.25) is 0 Å². The summed E-state index contributed by atoms with van der Waals surface area (Å²) in [6.45, 7) is 10.2. The zero-order valence-electron chi connectivity index (χ0n) is 10.3. The molecule has 0 aromatic heterocycles. The van der Waals surface area contributed by atoms with E-state index in [4.69, 9.17) is 10.5 Å². The van der Waals surface area contributed by atoms with Crippen LogP contribution >= 0.6 is 0 Å². The second-order valence-corrected chi connectivity index (χ2v) is 4.60. The highest BCUT2D eigenvalue weighted by Crippen LogP contribution is 2.48. The van der Waals surface area contributed by atoms with Crippen LogP contribution in [-0.4, -0.2) is 44.3 Å². The lowest BCUT2D eigenvalue weighted by Gasteiger charge is -2.25. The first-order chi connectivity index (χ1) is 7.26. The van der Waals surface area contributed by atoms with Crippen molar-refractivity contribution in [3.63, 3.8) is 0 Å². The van der Waals surface area contributed by atoms with Crippen LogP contribution in [0.15, 0.2) is 0 Å². The molecule has 0 atom stereocenters. The van der Waals surface area contributed by atoms with Gasteiger partial charge in [0.2, 0.25) is 0 Å². The topological polar surface area (TPSA) is 38.5 Å². The Labute approximate surface area is 94.0 Å². The molecule has 0 aromatic carbocycles. The minimum atomic E-state index is 0.566. The highest BCUT2D eigenvalue weighted by Gasteiger charge is 2.42. The molecule has 15 heavy (non-hydrogen) atoms. The van der Waals surface area contributed by atoms with E-state index in [0.717, 1.165) is 32.8 Å². The van der Waals surface area contributed by atoms with Gasteiger partial charge in [0.05, 0.1) is 6.61 Å². The summed E-state index contributed by atoms with van der Waals surface area (Å²) in [4.78, 5) is 2.50. The smallest absolute Gasteiger partial charge is 0.0593 e. The van der Waals surface area contributed by atoms with Crippen molar-refractivity contribution in [1.29, 1.82) is 0 Å². The van der Waals surface area contributed by atoms with E-state index in [9.17, 15) is 0 Å². The molecule has 1 fully saturated rings. The fraction of sp³-hybridized carbons (Fsp3) is 1.00. The predicted octanol–water partition coefficient (Wildman–Crippen LogP) is 1.47. The molecule has 1 aliphatic carbocycles. The summed E-state index contributed by atoms with van der Waals surface area (Å²) in [6.07, 6.45) is 3.93. The third kappa shape index (κ3) is 4.49. The molecule has 1 saturated carbocycles. The van der Waals surface area contributed by atoms with Crippen LogP contribution in [0.4, 0.5) is 0 Å². The molecule has 0 radical (unpaired) electrons. The van der Waals surface area contributed by atoms with Crippen LogP contribution in [0, 0.1) is 5.41 Å². The van der Waals surface area contributed by atoms with Crippen LogP contribution in [0.25, 0.3) is 0 Å². The molecule has 1 rings (SSSR count). The lowest BCUT2D eigenvalue weighted by molar-refractivity contribution is 0.105. The second kappa shape index (κ2) is 6.46. The molecular weight excluding hydrogens is 188 g/mol. The van der Waals surface area contributed by atoms with Gasteiger partial charge in [-0.1, -0.05) is 6.92 Å². The molecule has 90 valence electrons. The number of hydrogen-bond donors (Lipinski definition) is 1. The van der Waals surface area contributed by atoms with E-state index < -0.39 is 0 Å². The highest BCUT2D eigenvalue weighted by molar-refractivity contribution is 4.95. The average molecular weight is 214 g/mol. The summed E-state index contributed by atoms with van der Waals surface area (Å²) < 4.78 is 5.39. The molecular formula is C12H26N2O. The van der Waals surface area contributed by atoms with Gasteiger partial charge in [-0.3, -0.25) is 0 Å². The molecule has 0 spiro atoms. The first-order valence-corrected chi connectivity index (χ1v) is 6.26. The normalized spacial score (nSPS) is 18.4. The molecule has 0 aliphatic heterocycles. The van der Waals surface area contributed by atoms with Gasteiger partial charge < -0.3 is 15.4 Å². The van der Waals surface area contributed by atoms with Crippen molar-refractivity contribution in [2.24, 2.45) is 11.1 Å². The maximum absolute atomic E-state index is 5.65. The molecule has 0 unspecified atom stereocenters. The monoisotopic (exact) mass is 214 g/mol. The van der Waals surface area contributed by atoms with Crippen LogP contribution in [0.5, 0.6) is 0 Å². The minimum Gasteiger partial charge on any atom is -0.380 e. The fourth-order valence-corrected chi connectivity index (χ4v) is 2.13. The Kier molecular flexibility index (Phi) is 5.58. The number of nitrogens with two attached hydrogens (primary N) is 1. The van der Waals surface area contributed by atoms with E-state index in [0.29, 0.717) is 5.41 Å². The van der Waals surface area contributed by atoms with Crippen LogP contribution < -0.4 is 5.73 Å². The Bertz CT molecular complexity index is 169. The lowest BCUT2D eigenvalue weighted by Crippen LogP contribution is -2.34. The summed E-state index contributed by atoms with van der Waals surface area (Å²) in [5.74, 6) is 0. The molecule has 0 saturated heterocycles. The van der Waals surface area contributed by atoms with Crippen LogP contribution in [0.1, 0.15) is 33.1 Å². The fourth-order valence-electron chi connectivity index (χ4n) is 2.13. The Balaban J connectivity index is 2.20. The van der Waals surface area contributed by atoms with Gasteiger partial charge in [-0.2, -0.15) is 0 Å². The van der Waals surface area contributed by atoms with Crippen molar-refractivity contribution in [2.75, 3.05) is 39.4 Å². The van der Waals surface area contributed by atoms with Crippen molar-refractivity contribution in [3.8, 4) is 0 Å². The van der Waals surface area contributed by atoms with Gasteiger partial charge >= 0.3 is 0 Å². The van der Waals surface area contributed by atoms with Gasteiger partial charge in [0, 0.05) is 19.7 Å². The third-order valence-corrected chi connectivity index (χ3v) is 3.39. The largest absolute Gasteiger partial charge is 0.380 e.